The number of carbonyl (C=O) groups excluding carboxylic acids is 2. The molecule has 0 saturated carbocycles. The van der Waals surface area contributed by atoms with E-state index < -0.39 is 0 Å². The van der Waals surface area contributed by atoms with Gasteiger partial charge in [0.15, 0.2) is 0 Å². The maximum Gasteiger partial charge on any atom is 0.338 e. The Morgan fingerprint density at radius 2 is 0.893 bits per heavy atom. The molecule has 0 atom stereocenters. The van der Waals surface area contributed by atoms with Gasteiger partial charge in [0.1, 0.15) is 11.5 Å². The molecule has 0 saturated heterocycles. The molecule has 2 N–H and O–H groups in total. The summed E-state index contributed by atoms with van der Waals surface area (Å²) in [6.45, 7) is 0.758. The van der Waals surface area contributed by atoms with Crippen molar-refractivity contribution in [3.63, 3.8) is 0 Å². The Bertz CT molecular complexity index is 671. The lowest BCUT2D eigenvalue weighted by Crippen LogP contribution is -2.06. The number of unbranched alkanes of at least 4 members (excludes halogenated alkanes) is 5. The molecule has 150 valence electrons. The van der Waals surface area contributed by atoms with Crippen LogP contribution in [0.3, 0.4) is 0 Å². The molecule has 6 nitrogen and oxygen atoms in total. The highest BCUT2D eigenvalue weighted by atomic mass is 16.5. The Morgan fingerprint density at radius 3 is 1.25 bits per heavy atom. The van der Waals surface area contributed by atoms with Gasteiger partial charge in [-0.05, 0) is 61.4 Å². The topological polar surface area (TPSA) is 93.1 Å². The third-order valence-corrected chi connectivity index (χ3v) is 4.21. The fraction of sp³-hybridized carbons (Fsp3) is 0.364. The van der Waals surface area contributed by atoms with Gasteiger partial charge in [-0.25, -0.2) is 9.59 Å². The van der Waals surface area contributed by atoms with E-state index >= 15 is 0 Å². The molecule has 0 aliphatic carbocycles. The minimum Gasteiger partial charge on any atom is -0.508 e. The molecule has 6 heteroatoms. The smallest absolute Gasteiger partial charge is 0.338 e. The van der Waals surface area contributed by atoms with Gasteiger partial charge in [0.2, 0.25) is 0 Å². The molecule has 0 aliphatic heterocycles. The molecule has 0 aromatic heterocycles. The number of aromatic hydroxyl groups is 2. The minimum absolute atomic E-state index is 0.117. The minimum atomic E-state index is -0.379. The molecule has 0 unspecified atom stereocenters. The highest BCUT2D eigenvalue weighted by Crippen LogP contribution is 2.12. The van der Waals surface area contributed by atoms with E-state index in [9.17, 15) is 19.8 Å². The largest absolute Gasteiger partial charge is 0.508 e. The molecule has 28 heavy (non-hydrogen) atoms. The average Bonchev–Trinajstić information content (AvgIpc) is 2.70. The van der Waals surface area contributed by atoms with E-state index in [2.05, 4.69) is 0 Å². The van der Waals surface area contributed by atoms with Gasteiger partial charge in [-0.3, -0.25) is 0 Å². The van der Waals surface area contributed by atoms with Crippen LogP contribution >= 0.6 is 0 Å². The first kappa shape index (κ1) is 21.3. The molecule has 0 heterocycles. The van der Waals surface area contributed by atoms with Crippen LogP contribution in [0.15, 0.2) is 48.5 Å². The van der Waals surface area contributed by atoms with E-state index in [4.69, 9.17) is 9.47 Å². The lowest BCUT2D eigenvalue weighted by Gasteiger charge is -2.06. The second kappa shape index (κ2) is 11.6. The molecule has 0 amide bonds. The number of phenolic OH excluding ortho intramolecular Hbond substituents is 2. The number of ether oxygens (including phenoxy) is 2. The monoisotopic (exact) mass is 386 g/mol. The number of esters is 2. The predicted molar refractivity (Wildman–Crippen MR) is 104 cm³/mol. The predicted octanol–water partition coefficient (Wildman–Crippen LogP) is 4.45. The third-order valence-electron chi connectivity index (χ3n) is 4.21. The zero-order chi connectivity index (χ0) is 20.2. The molecule has 0 radical (unpaired) electrons. The van der Waals surface area contributed by atoms with Crippen LogP contribution < -0.4 is 0 Å². The summed E-state index contributed by atoms with van der Waals surface area (Å²) >= 11 is 0. The van der Waals surface area contributed by atoms with E-state index in [1.54, 1.807) is 0 Å². The van der Waals surface area contributed by atoms with Crippen molar-refractivity contribution < 1.29 is 29.3 Å². The Labute approximate surface area is 164 Å². The van der Waals surface area contributed by atoms with Crippen molar-refractivity contribution >= 4 is 11.9 Å². The summed E-state index contributed by atoms with van der Waals surface area (Å²) in [5.74, 6) is -0.524. The van der Waals surface area contributed by atoms with E-state index in [1.807, 2.05) is 0 Å². The molecule has 0 fully saturated rings. The number of benzene rings is 2. The summed E-state index contributed by atoms with van der Waals surface area (Å²) in [5, 5.41) is 18.4. The van der Waals surface area contributed by atoms with Gasteiger partial charge < -0.3 is 19.7 Å². The van der Waals surface area contributed by atoms with Gasteiger partial charge in [-0.1, -0.05) is 25.7 Å². The first-order chi connectivity index (χ1) is 13.6. The van der Waals surface area contributed by atoms with Gasteiger partial charge >= 0.3 is 11.9 Å². The van der Waals surface area contributed by atoms with E-state index in [-0.39, 0.29) is 23.4 Å². The molecule has 2 aromatic rings. The summed E-state index contributed by atoms with van der Waals surface area (Å²) in [6.07, 6.45) is 5.61. The maximum atomic E-state index is 11.8. The zero-order valence-corrected chi connectivity index (χ0v) is 15.8. The van der Waals surface area contributed by atoms with Crippen LogP contribution in [0, 0.1) is 0 Å². The van der Waals surface area contributed by atoms with Gasteiger partial charge in [0, 0.05) is 0 Å². The summed E-state index contributed by atoms with van der Waals surface area (Å²) in [7, 11) is 0. The van der Waals surface area contributed by atoms with Crippen molar-refractivity contribution in [2.75, 3.05) is 13.2 Å². The normalized spacial score (nSPS) is 10.4. The van der Waals surface area contributed by atoms with Crippen molar-refractivity contribution in [1.29, 1.82) is 0 Å². The van der Waals surface area contributed by atoms with Crippen molar-refractivity contribution in [3.8, 4) is 11.5 Å². The van der Waals surface area contributed by atoms with Crippen molar-refractivity contribution in [1.82, 2.24) is 0 Å². The lowest BCUT2D eigenvalue weighted by atomic mass is 10.1. The van der Waals surface area contributed by atoms with Crippen LogP contribution in [0.25, 0.3) is 0 Å². The van der Waals surface area contributed by atoms with E-state index in [0.29, 0.717) is 24.3 Å². The highest BCUT2D eigenvalue weighted by Gasteiger charge is 2.07. The molecular formula is C22H26O6. The second-order valence-corrected chi connectivity index (χ2v) is 6.49. The average molecular weight is 386 g/mol. The molecule has 0 aliphatic rings. The summed E-state index contributed by atoms with van der Waals surface area (Å²) in [6, 6.07) is 12.0. The second-order valence-electron chi connectivity index (χ2n) is 6.49. The molecule has 0 bridgehead atoms. The van der Waals surface area contributed by atoms with Crippen molar-refractivity contribution in [2.24, 2.45) is 0 Å². The Balaban J connectivity index is 1.44. The Kier molecular flexibility index (Phi) is 8.85. The summed E-state index contributed by atoms with van der Waals surface area (Å²) in [5.41, 5.74) is 0.860. The van der Waals surface area contributed by atoms with Crippen LogP contribution in [0.4, 0.5) is 0 Å². The number of carbonyl (C=O) groups is 2. The Hall–Kier alpha value is -3.02. The Morgan fingerprint density at radius 1 is 0.571 bits per heavy atom. The van der Waals surface area contributed by atoms with Gasteiger partial charge in [-0.15, -0.1) is 0 Å². The third kappa shape index (κ3) is 7.70. The number of phenols is 2. The molecule has 2 aromatic carbocycles. The summed E-state index contributed by atoms with van der Waals surface area (Å²) in [4.78, 5) is 23.6. The highest BCUT2D eigenvalue weighted by molar-refractivity contribution is 5.89. The van der Waals surface area contributed by atoms with Crippen molar-refractivity contribution in [3.05, 3.63) is 59.7 Å². The maximum absolute atomic E-state index is 11.8. The molecule has 2 rings (SSSR count). The fourth-order valence-electron chi connectivity index (χ4n) is 2.60. The van der Waals surface area contributed by atoms with Crippen LogP contribution in [-0.2, 0) is 9.47 Å². The van der Waals surface area contributed by atoms with E-state index in [0.717, 1.165) is 38.5 Å². The van der Waals surface area contributed by atoms with Crippen LogP contribution in [0.1, 0.15) is 59.2 Å². The van der Waals surface area contributed by atoms with Crippen LogP contribution in [-0.4, -0.2) is 35.4 Å². The first-order valence-electron chi connectivity index (χ1n) is 9.48. The molecule has 0 spiro atoms. The molecular weight excluding hydrogens is 360 g/mol. The van der Waals surface area contributed by atoms with Crippen molar-refractivity contribution in [2.45, 2.75) is 38.5 Å². The van der Waals surface area contributed by atoms with E-state index in [1.165, 1.54) is 48.5 Å². The number of rotatable bonds is 11. The SMILES string of the molecule is O=C(OCCCCCCCCOC(=O)c1ccc(O)cc1)c1ccc(O)cc1. The first-order valence-corrected chi connectivity index (χ1v) is 9.48. The number of hydrogen-bond donors (Lipinski definition) is 2. The number of hydrogen-bond acceptors (Lipinski definition) is 6. The van der Waals surface area contributed by atoms with Gasteiger partial charge in [-0.2, -0.15) is 0 Å². The van der Waals surface area contributed by atoms with Crippen LogP contribution in [0.2, 0.25) is 0 Å². The lowest BCUT2D eigenvalue weighted by molar-refractivity contribution is 0.0484. The zero-order valence-electron chi connectivity index (χ0n) is 15.8. The van der Waals surface area contributed by atoms with Crippen LogP contribution in [0.5, 0.6) is 11.5 Å². The standard InChI is InChI=1S/C22H26O6/c23-19-11-7-17(8-12-19)21(25)27-15-5-3-1-2-4-6-16-28-22(26)18-9-13-20(24)14-10-18/h7-14,23-24H,1-6,15-16H2. The summed E-state index contributed by atoms with van der Waals surface area (Å²) < 4.78 is 10.4. The van der Waals surface area contributed by atoms with Gasteiger partial charge in [0.25, 0.3) is 0 Å². The van der Waals surface area contributed by atoms with Gasteiger partial charge in [0.05, 0.1) is 24.3 Å². The fourth-order valence-corrected chi connectivity index (χ4v) is 2.60. The quantitative estimate of drug-likeness (QED) is 0.438.